The molecule has 0 radical (unpaired) electrons. The second kappa shape index (κ2) is 9.13. The maximum absolute atomic E-state index is 4.35. The Hall–Kier alpha value is -1.83. The highest BCUT2D eigenvalue weighted by Gasteiger charge is 2.28. The Bertz CT molecular complexity index is 404. The summed E-state index contributed by atoms with van der Waals surface area (Å²) in [7, 11) is 0. The van der Waals surface area contributed by atoms with Gasteiger partial charge in [0.15, 0.2) is 0 Å². The molecule has 108 valence electrons. The van der Waals surface area contributed by atoms with Gasteiger partial charge in [-0.3, -0.25) is 0 Å². The van der Waals surface area contributed by atoms with Crippen molar-refractivity contribution in [3.63, 3.8) is 0 Å². The number of hydrogen-bond donors (Lipinski definition) is 0. The summed E-state index contributed by atoms with van der Waals surface area (Å²) in [6, 6.07) is 16.8. The van der Waals surface area contributed by atoms with Crippen molar-refractivity contribution < 1.29 is 0 Å². The van der Waals surface area contributed by atoms with Gasteiger partial charge >= 0.3 is 0 Å². The molecule has 1 aromatic carbocycles. The molecule has 0 saturated carbocycles. The van der Waals surface area contributed by atoms with Gasteiger partial charge in [0.1, 0.15) is 5.82 Å². The molecule has 0 unspecified atom stereocenters. The number of rotatable bonds is 2. The quantitative estimate of drug-likeness (QED) is 0.783. The number of anilines is 1. The number of hydrogen-bond acceptors (Lipinski definition) is 2. The van der Waals surface area contributed by atoms with E-state index in [-0.39, 0.29) is 0 Å². The van der Waals surface area contributed by atoms with E-state index in [0.29, 0.717) is 5.92 Å². The van der Waals surface area contributed by atoms with Crippen LogP contribution >= 0.6 is 0 Å². The summed E-state index contributed by atoms with van der Waals surface area (Å²) in [5.41, 5.74) is 1.44. The molecule has 0 atom stereocenters. The molecule has 2 nitrogen and oxygen atoms in total. The second-order valence-electron chi connectivity index (χ2n) is 4.20. The molecule has 1 saturated heterocycles. The summed E-state index contributed by atoms with van der Waals surface area (Å²) in [6.07, 6.45) is 1.85. The van der Waals surface area contributed by atoms with Gasteiger partial charge < -0.3 is 4.90 Å². The van der Waals surface area contributed by atoms with Gasteiger partial charge in [-0.15, -0.1) is 0 Å². The van der Waals surface area contributed by atoms with Crippen molar-refractivity contribution in [2.24, 2.45) is 0 Å². The van der Waals surface area contributed by atoms with Crippen LogP contribution in [0.25, 0.3) is 0 Å². The first kappa shape index (κ1) is 16.2. The highest BCUT2D eigenvalue weighted by molar-refractivity contribution is 5.44. The predicted octanol–water partition coefficient (Wildman–Crippen LogP) is 4.74. The molecular formula is C18H26N2. The molecule has 3 rings (SSSR count). The number of nitrogens with zero attached hydrogens (tertiary/aromatic N) is 2. The summed E-state index contributed by atoms with van der Waals surface area (Å²) in [5.74, 6) is 1.76. The topological polar surface area (TPSA) is 16.1 Å². The number of pyridine rings is 1. The van der Waals surface area contributed by atoms with Crippen molar-refractivity contribution in [1.82, 2.24) is 4.98 Å². The summed E-state index contributed by atoms with van der Waals surface area (Å²) in [6.45, 7) is 10.2. The first-order chi connectivity index (χ1) is 9.93. The zero-order valence-corrected chi connectivity index (χ0v) is 13.1. The number of benzene rings is 1. The lowest BCUT2D eigenvalue weighted by Crippen LogP contribution is -2.45. The number of aromatic nitrogens is 1. The van der Waals surface area contributed by atoms with Crippen LogP contribution in [0.2, 0.25) is 0 Å². The fourth-order valence-electron chi connectivity index (χ4n) is 2.14. The molecule has 1 aliphatic heterocycles. The van der Waals surface area contributed by atoms with Crippen molar-refractivity contribution in [3.8, 4) is 0 Å². The van der Waals surface area contributed by atoms with Crippen LogP contribution in [-0.2, 0) is 0 Å². The van der Waals surface area contributed by atoms with E-state index in [1.165, 1.54) is 5.56 Å². The molecule has 1 fully saturated rings. The molecule has 0 aliphatic carbocycles. The molecule has 2 heteroatoms. The summed E-state index contributed by atoms with van der Waals surface area (Å²) >= 11 is 0. The summed E-state index contributed by atoms with van der Waals surface area (Å²) in [5, 5.41) is 0. The Labute approximate surface area is 123 Å². The van der Waals surface area contributed by atoms with Crippen LogP contribution in [0.1, 0.15) is 39.2 Å². The van der Waals surface area contributed by atoms with Gasteiger partial charge in [0.25, 0.3) is 0 Å². The fourth-order valence-corrected chi connectivity index (χ4v) is 2.14. The van der Waals surface area contributed by atoms with E-state index in [2.05, 4.69) is 46.3 Å². The highest BCUT2D eigenvalue weighted by Crippen LogP contribution is 2.29. The van der Waals surface area contributed by atoms with Crippen molar-refractivity contribution in [3.05, 3.63) is 60.3 Å². The maximum Gasteiger partial charge on any atom is 0.128 e. The standard InChI is InChI=1S/C14H14N2.2C2H6/c1-2-6-12(7-3-1)13-10-16(11-13)14-8-4-5-9-15-14;2*1-2/h1-9,13H,10-11H2;2*1-2H3. The molecule has 1 aromatic heterocycles. The Balaban J connectivity index is 0.000000461. The molecule has 1 aliphatic rings. The average molecular weight is 270 g/mol. The monoisotopic (exact) mass is 270 g/mol. The van der Waals surface area contributed by atoms with E-state index < -0.39 is 0 Å². The summed E-state index contributed by atoms with van der Waals surface area (Å²) in [4.78, 5) is 6.67. The van der Waals surface area contributed by atoms with Gasteiger partial charge in [-0.2, -0.15) is 0 Å². The zero-order chi connectivity index (χ0) is 14.8. The first-order valence-electron chi connectivity index (χ1n) is 7.64. The lowest BCUT2D eigenvalue weighted by Gasteiger charge is -2.40. The van der Waals surface area contributed by atoms with Crippen LogP contribution in [0.3, 0.4) is 0 Å². The molecule has 2 heterocycles. The minimum absolute atomic E-state index is 0.670. The van der Waals surface area contributed by atoms with Gasteiger partial charge in [-0.05, 0) is 17.7 Å². The van der Waals surface area contributed by atoms with E-state index >= 15 is 0 Å². The predicted molar refractivity (Wildman–Crippen MR) is 88.3 cm³/mol. The van der Waals surface area contributed by atoms with Crippen molar-refractivity contribution in [2.45, 2.75) is 33.6 Å². The van der Waals surface area contributed by atoms with E-state index in [0.717, 1.165) is 18.9 Å². The van der Waals surface area contributed by atoms with Crippen LogP contribution in [0, 0.1) is 0 Å². The van der Waals surface area contributed by atoms with E-state index in [1.807, 2.05) is 46.0 Å². The molecule has 0 N–H and O–H groups in total. The lowest BCUT2D eigenvalue weighted by molar-refractivity contribution is 0.520. The van der Waals surface area contributed by atoms with E-state index in [4.69, 9.17) is 0 Å². The Kier molecular flexibility index (Phi) is 7.41. The summed E-state index contributed by atoms with van der Waals surface area (Å²) < 4.78 is 0. The van der Waals surface area contributed by atoms with Gasteiger partial charge in [0.05, 0.1) is 0 Å². The SMILES string of the molecule is CC.CC.c1ccc(C2CN(c3ccccn3)C2)cc1. The smallest absolute Gasteiger partial charge is 0.128 e. The minimum Gasteiger partial charge on any atom is -0.355 e. The Morgan fingerprint density at radius 1 is 0.850 bits per heavy atom. The maximum atomic E-state index is 4.35. The molecule has 20 heavy (non-hydrogen) atoms. The normalized spacial score (nSPS) is 13.3. The van der Waals surface area contributed by atoms with Crippen LogP contribution in [0.5, 0.6) is 0 Å². The average Bonchev–Trinajstić information content (AvgIpc) is 2.52. The Morgan fingerprint density at radius 3 is 2.00 bits per heavy atom. The van der Waals surface area contributed by atoms with Crippen molar-refractivity contribution in [1.29, 1.82) is 0 Å². The molecule has 0 spiro atoms. The third-order valence-electron chi connectivity index (χ3n) is 3.13. The Morgan fingerprint density at radius 2 is 1.45 bits per heavy atom. The van der Waals surface area contributed by atoms with Crippen LogP contribution in [-0.4, -0.2) is 18.1 Å². The van der Waals surface area contributed by atoms with Crippen molar-refractivity contribution in [2.75, 3.05) is 18.0 Å². The van der Waals surface area contributed by atoms with Crippen molar-refractivity contribution >= 4 is 5.82 Å². The highest BCUT2D eigenvalue weighted by atomic mass is 15.2. The van der Waals surface area contributed by atoms with Gasteiger partial charge in [0, 0.05) is 25.2 Å². The van der Waals surface area contributed by atoms with E-state index in [1.54, 1.807) is 0 Å². The minimum atomic E-state index is 0.670. The van der Waals surface area contributed by atoms with Gasteiger partial charge in [0.2, 0.25) is 0 Å². The van der Waals surface area contributed by atoms with Gasteiger partial charge in [-0.25, -0.2) is 4.98 Å². The largest absolute Gasteiger partial charge is 0.355 e. The molecule has 0 amide bonds. The first-order valence-corrected chi connectivity index (χ1v) is 7.64. The van der Waals surface area contributed by atoms with Crippen LogP contribution in [0.4, 0.5) is 5.82 Å². The lowest BCUT2D eigenvalue weighted by atomic mass is 9.91. The second-order valence-corrected chi connectivity index (χ2v) is 4.20. The van der Waals surface area contributed by atoms with E-state index in [9.17, 15) is 0 Å². The fraction of sp³-hybridized carbons (Fsp3) is 0.389. The van der Waals surface area contributed by atoms with Crippen LogP contribution in [0.15, 0.2) is 54.7 Å². The van der Waals surface area contributed by atoms with Crippen LogP contribution < -0.4 is 4.90 Å². The molecular weight excluding hydrogens is 244 g/mol. The van der Waals surface area contributed by atoms with Gasteiger partial charge in [-0.1, -0.05) is 64.1 Å². The third kappa shape index (κ3) is 4.09. The third-order valence-corrected chi connectivity index (χ3v) is 3.13. The molecule has 0 bridgehead atoms. The zero-order valence-electron chi connectivity index (χ0n) is 13.1. The molecule has 2 aromatic rings.